The maximum absolute atomic E-state index is 12.7. The van der Waals surface area contributed by atoms with Crippen molar-refractivity contribution >= 4 is 17.2 Å². The highest BCUT2D eigenvalue weighted by Crippen LogP contribution is 2.66. The predicted octanol–water partition coefficient (Wildman–Crippen LogP) is 4.37. The number of fused-ring (bicyclic) bond motifs is 2. The van der Waals surface area contributed by atoms with Crippen molar-refractivity contribution in [1.29, 1.82) is 0 Å². The Labute approximate surface area is 153 Å². The number of benzene rings is 1. The predicted molar refractivity (Wildman–Crippen MR) is 97.8 cm³/mol. The maximum Gasteiger partial charge on any atom is 0.338 e. The molecule has 2 aliphatic carbocycles. The minimum Gasteiger partial charge on any atom is -0.497 e. The Morgan fingerprint density at radius 1 is 1.35 bits per heavy atom. The zero-order chi connectivity index (χ0) is 19.3. The van der Waals surface area contributed by atoms with Gasteiger partial charge in [-0.2, -0.15) is 0 Å². The van der Waals surface area contributed by atoms with Gasteiger partial charge < -0.3 is 9.47 Å². The van der Waals surface area contributed by atoms with Gasteiger partial charge in [-0.05, 0) is 42.7 Å². The summed E-state index contributed by atoms with van der Waals surface area (Å²) in [6.45, 7) is 10.4. The zero-order valence-electron chi connectivity index (χ0n) is 15.7. The van der Waals surface area contributed by atoms with E-state index in [-0.39, 0.29) is 33.8 Å². The molecule has 2 fully saturated rings. The Morgan fingerprint density at radius 3 is 2.54 bits per heavy atom. The van der Waals surface area contributed by atoms with Gasteiger partial charge in [-0.15, -0.1) is 0 Å². The molecule has 2 aliphatic rings. The van der Waals surface area contributed by atoms with Crippen LogP contribution >= 0.6 is 0 Å². The summed E-state index contributed by atoms with van der Waals surface area (Å²) in [6.07, 6.45) is 2.82. The molecule has 2 saturated carbocycles. The number of ether oxygens (including phenoxy) is 2. The van der Waals surface area contributed by atoms with E-state index in [0.717, 1.165) is 19.3 Å². The Hall–Kier alpha value is -2.37. The fourth-order valence-electron chi connectivity index (χ4n) is 4.66. The van der Waals surface area contributed by atoms with Crippen molar-refractivity contribution in [3.63, 3.8) is 0 Å². The molecule has 140 valence electrons. The number of carbonyl (C=O) groups excluding carboxylic acids is 1. The molecule has 0 heterocycles. The van der Waals surface area contributed by atoms with Crippen LogP contribution in [0, 0.1) is 26.9 Å². The third-order valence-electron chi connectivity index (χ3n) is 6.94. The SMILES string of the molecule is C=C(C(=O)O[C@@H]1C[C@@H]2CC[C@@]1(C)C2(C)C)c1cc(OC)ccc1[N+](=O)[O-]. The summed E-state index contributed by atoms with van der Waals surface area (Å²) in [5, 5.41) is 11.3. The van der Waals surface area contributed by atoms with E-state index in [1.54, 1.807) is 0 Å². The van der Waals surface area contributed by atoms with Gasteiger partial charge in [0.05, 0.1) is 23.2 Å². The minimum absolute atomic E-state index is 0.0141. The van der Waals surface area contributed by atoms with Gasteiger partial charge in [0, 0.05) is 11.5 Å². The number of nitro benzene ring substituents is 1. The molecule has 3 rings (SSSR count). The summed E-state index contributed by atoms with van der Waals surface area (Å²) in [7, 11) is 1.46. The van der Waals surface area contributed by atoms with Crippen molar-refractivity contribution in [3.8, 4) is 5.75 Å². The lowest BCUT2D eigenvalue weighted by molar-refractivity contribution is -0.385. The van der Waals surface area contributed by atoms with Gasteiger partial charge in [0.25, 0.3) is 5.69 Å². The van der Waals surface area contributed by atoms with E-state index in [4.69, 9.17) is 9.47 Å². The summed E-state index contributed by atoms with van der Waals surface area (Å²) in [5.74, 6) is 0.355. The first kappa shape index (κ1) is 18.4. The lowest BCUT2D eigenvalue weighted by Crippen LogP contribution is -2.38. The van der Waals surface area contributed by atoms with Crippen molar-refractivity contribution in [2.45, 2.75) is 46.1 Å². The maximum atomic E-state index is 12.7. The van der Waals surface area contributed by atoms with Crippen LogP contribution in [0.5, 0.6) is 5.75 Å². The van der Waals surface area contributed by atoms with Crippen molar-refractivity contribution in [2.75, 3.05) is 7.11 Å². The lowest BCUT2D eigenvalue weighted by atomic mass is 9.70. The van der Waals surface area contributed by atoms with Crippen molar-refractivity contribution in [3.05, 3.63) is 40.5 Å². The third-order valence-corrected chi connectivity index (χ3v) is 6.94. The first-order valence-electron chi connectivity index (χ1n) is 8.84. The second-order valence-electron chi connectivity index (χ2n) is 8.12. The van der Waals surface area contributed by atoms with Crippen molar-refractivity contribution in [1.82, 2.24) is 0 Å². The van der Waals surface area contributed by atoms with Gasteiger partial charge in [-0.1, -0.05) is 27.4 Å². The number of hydrogen-bond acceptors (Lipinski definition) is 5. The fourth-order valence-corrected chi connectivity index (χ4v) is 4.66. The Bertz CT molecular complexity index is 784. The molecule has 26 heavy (non-hydrogen) atoms. The molecule has 0 aliphatic heterocycles. The van der Waals surface area contributed by atoms with Crippen LogP contribution in [0.1, 0.15) is 45.6 Å². The average molecular weight is 359 g/mol. The van der Waals surface area contributed by atoms with Gasteiger partial charge in [0.2, 0.25) is 0 Å². The van der Waals surface area contributed by atoms with E-state index in [9.17, 15) is 14.9 Å². The highest BCUT2D eigenvalue weighted by Gasteiger charge is 2.62. The van der Waals surface area contributed by atoms with Crippen LogP contribution in [-0.4, -0.2) is 24.1 Å². The van der Waals surface area contributed by atoms with Crippen LogP contribution in [0.15, 0.2) is 24.8 Å². The molecular formula is C20H25NO5. The summed E-state index contributed by atoms with van der Waals surface area (Å²) >= 11 is 0. The van der Waals surface area contributed by atoms with E-state index < -0.39 is 10.9 Å². The highest BCUT2D eigenvalue weighted by atomic mass is 16.6. The highest BCUT2D eigenvalue weighted by molar-refractivity contribution is 6.17. The monoisotopic (exact) mass is 359 g/mol. The smallest absolute Gasteiger partial charge is 0.338 e. The van der Waals surface area contributed by atoms with Crippen LogP contribution in [0.25, 0.3) is 5.57 Å². The van der Waals surface area contributed by atoms with Gasteiger partial charge in [0.15, 0.2) is 0 Å². The standard InChI is InChI=1S/C20H25NO5/c1-12(15-11-14(25-5)6-7-16(15)21(23)24)18(22)26-17-10-13-8-9-20(17,4)19(13,2)3/h6-7,11,13,17H,1,8-10H2,2-5H3/t13-,17+,20+/m0/s1. The number of carbonyl (C=O) groups is 1. The molecule has 0 radical (unpaired) electrons. The van der Waals surface area contributed by atoms with Crippen LogP contribution in [-0.2, 0) is 9.53 Å². The van der Waals surface area contributed by atoms with Crippen LogP contribution in [0.3, 0.4) is 0 Å². The van der Waals surface area contributed by atoms with Crippen LogP contribution in [0.4, 0.5) is 5.69 Å². The molecule has 1 aromatic carbocycles. The first-order chi connectivity index (χ1) is 12.1. The van der Waals surface area contributed by atoms with Crippen molar-refractivity contribution < 1.29 is 19.2 Å². The molecule has 1 aromatic rings. The molecule has 0 spiro atoms. The van der Waals surface area contributed by atoms with Crippen molar-refractivity contribution in [2.24, 2.45) is 16.7 Å². The second-order valence-corrected chi connectivity index (χ2v) is 8.12. The molecule has 0 aromatic heterocycles. The fraction of sp³-hybridized carbons (Fsp3) is 0.550. The largest absolute Gasteiger partial charge is 0.497 e. The molecule has 0 saturated heterocycles. The van der Waals surface area contributed by atoms with Gasteiger partial charge in [-0.25, -0.2) is 4.79 Å². The van der Waals surface area contributed by atoms with E-state index >= 15 is 0 Å². The minimum atomic E-state index is -0.601. The summed E-state index contributed by atoms with van der Waals surface area (Å²) in [4.78, 5) is 23.5. The van der Waals surface area contributed by atoms with Gasteiger partial charge in [-0.3, -0.25) is 10.1 Å². The van der Waals surface area contributed by atoms with E-state index in [0.29, 0.717) is 11.7 Å². The Balaban J connectivity index is 1.84. The first-order valence-corrected chi connectivity index (χ1v) is 8.84. The normalized spacial score (nSPS) is 28.6. The van der Waals surface area contributed by atoms with Gasteiger partial charge in [0.1, 0.15) is 11.9 Å². The topological polar surface area (TPSA) is 78.7 Å². The second kappa shape index (κ2) is 6.11. The lowest BCUT2D eigenvalue weighted by Gasteiger charge is -2.38. The van der Waals surface area contributed by atoms with Crippen LogP contribution in [0.2, 0.25) is 0 Å². The average Bonchev–Trinajstić information content (AvgIpc) is 2.93. The molecule has 0 N–H and O–H groups in total. The van der Waals surface area contributed by atoms with E-state index in [2.05, 4.69) is 27.4 Å². The number of methoxy groups -OCH3 is 1. The molecule has 6 nitrogen and oxygen atoms in total. The summed E-state index contributed by atoms with van der Waals surface area (Å²) in [5.41, 5.74) is -0.0336. The number of hydrogen-bond donors (Lipinski definition) is 0. The summed E-state index contributed by atoms with van der Waals surface area (Å²) in [6, 6.07) is 4.25. The summed E-state index contributed by atoms with van der Waals surface area (Å²) < 4.78 is 10.9. The number of esters is 1. The van der Waals surface area contributed by atoms with Crippen LogP contribution < -0.4 is 4.74 Å². The number of nitro groups is 1. The molecule has 3 atom stereocenters. The molecule has 2 bridgehead atoms. The zero-order valence-corrected chi connectivity index (χ0v) is 15.7. The Morgan fingerprint density at radius 2 is 2.04 bits per heavy atom. The third kappa shape index (κ3) is 2.59. The van der Waals surface area contributed by atoms with E-state index in [1.165, 1.54) is 25.3 Å². The Kier molecular flexibility index (Phi) is 4.33. The number of rotatable bonds is 5. The van der Waals surface area contributed by atoms with E-state index in [1.807, 2.05) is 0 Å². The number of nitrogens with zero attached hydrogens (tertiary/aromatic N) is 1. The molecule has 0 unspecified atom stereocenters. The quantitative estimate of drug-likeness (QED) is 0.337. The molecular weight excluding hydrogens is 334 g/mol. The molecule has 6 heteroatoms. The van der Waals surface area contributed by atoms with Gasteiger partial charge >= 0.3 is 5.97 Å². The molecule has 0 amide bonds.